The van der Waals surface area contributed by atoms with Crippen LogP contribution in [0.3, 0.4) is 0 Å². The number of carbonyl (C=O) groups excluding carboxylic acids is 1. The number of ether oxygens (including phenoxy) is 2. The molecule has 0 amide bonds. The van der Waals surface area contributed by atoms with E-state index in [0.29, 0.717) is 19.0 Å². The first-order valence-corrected chi connectivity index (χ1v) is 11.4. The van der Waals surface area contributed by atoms with Crippen molar-refractivity contribution < 1.29 is 23.6 Å². The number of esters is 1. The molecule has 174 valence electrons. The molecule has 0 atom stereocenters. The summed E-state index contributed by atoms with van der Waals surface area (Å²) >= 11 is 0. The molecule has 1 aliphatic rings. The largest absolute Gasteiger partial charge is 0.494 e. The summed E-state index contributed by atoms with van der Waals surface area (Å²) in [5, 5.41) is 5.84. The molecule has 0 bridgehead atoms. The Labute approximate surface area is 195 Å². The van der Waals surface area contributed by atoms with Crippen molar-refractivity contribution in [2.75, 3.05) is 13.2 Å². The first-order valence-electron chi connectivity index (χ1n) is 11.4. The predicted molar refractivity (Wildman–Crippen MR) is 128 cm³/mol. The van der Waals surface area contributed by atoms with E-state index in [9.17, 15) is 4.79 Å². The standard InChI is InChI=1S/C25H31BN2O5/c1-6-30-24(29)13-18-9-7-8-10-23(18)31-15-21-20-14-19(26-32-16-25(4,5)33-26)11-12-22(20)28(27-21)17(2)3/h7-12,14,17H,6,13,15-16H2,1-5H3. The molecule has 0 aliphatic carbocycles. The number of benzene rings is 2. The van der Waals surface area contributed by atoms with E-state index in [4.69, 9.17) is 23.9 Å². The number of hydrogen-bond acceptors (Lipinski definition) is 6. The maximum atomic E-state index is 12.0. The number of carbonyl (C=O) groups is 1. The van der Waals surface area contributed by atoms with E-state index >= 15 is 0 Å². The fourth-order valence-electron chi connectivity index (χ4n) is 3.97. The normalized spacial score (nSPS) is 15.4. The fraction of sp³-hybridized carbons (Fsp3) is 0.440. The molecule has 0 N–H and O–H groups in total. The van der Waals surface area contributed by atoms with E-state index in [1.807, 2.05) is 48.9 Å². The summed E-state index contributed by atoms with van der Waals surface area (Å²) in [7, 11) is -0.397. The molecule has 0 saturated carbocycles. The molecule has 0 radical (unpaired) electrons. The van der Waals surface area contributed by atoms with Crippen molar-refractivity contribution in [3.8, 4) is 5.75 Å². The van der Waals surface area contributed by atoms with Crippen molar-refractivity contribution in [2.24, 2.45) is 0 Å². The zero-order valence-electron chi connectivity index (χ0n) is 20.0. The van der Waals surface area contributed by atoms with E-state index in [1.165, 1.54) is 0 Å². The van der Waals surface area contributed by atoms with Crippen molar-refractivity contribution >= 4 is 29.5 Å². The van der Waals surface area contributed by atoms with Crippen LogP contribution in [0.15, 0.2) is 42.5 Å². The molecule has 2 aromatic carbocycles. The van der Waals surface area contributed by atoms with Crippen LogP contribution in [0.5, 0.6) is 5.75 Å². The third kappa shape index (κ3) is 5.23. The third-order valence-corrected chi connectivity index (χ3v) is 5.55. The third-order valence-electron chi connectivity index (χ3n) is 5.55. The Morgan fingerprint density at radius 2 is 2.03 bits per heavy atom. The Kier molecular flexibility index (Phi) is 6.77. The van der Waals surface area contributed by atoms with Gasteiger partial charge in [-0.1, -0.05) is 30.3 Å². The highest BCUT2D eigenvalue weighted by Gasteiger charge is 2.38. The van der Waals surface area contributed by atoms with Gasteiger partial charge in [0.15, 0.2) is 0 Å². The van der Waals surface area contributed by atoms with E-state index in [2.05, 4.69) is 26.0 Å². The zero-order chi connectivity index (χ0) is 23.6. The highest BCUT2D eigenvalue weighted by atomic mass is 16.7. The van der Waals surface area contributed by atoms with E-state index < -0.39 is 7.12 Å². The van der Waals surface area contributed by atoms with Crippen LogP contribution in [-0.2, 0) is 31.9 Å². The number of para-hydroxylation sites is 1. The van der Waals surface area contributed by atoms with Gasteiger partial charge in [0.2, 0.25) is 0 Å². The summed E-state index contributed by atoms with van der Waals surface area (Å²) in [6.45, 7) is 11.2. The molecule has 33 heavy (non-hydrogen) atoms. The molecule has 0 unspecified atom stereocenters. The van der Waals surface area contributed by atoms with Crippen LogP contribution < -0.4 is 10.2 Å². The molecule has 4 rings (SSSR count). The van der Waals surface area contributed by atoms with Crippen LogP contribution in [0.2, 0.25) is 0 Å². The molecule has 0 spiro atoms. The van der Waals surface area contributed by atoms with Gasteiger partial charge < -0.3 is 18.8 Å². The lowest BCUT2D eigenvalue weighted by Gasteiger charge is -2.15. The predicted octanol–water partition coefficient (Wildman–Crippen LogP) is 3.82. The Morgan fingerprint density at radius 1 is 1.24 bits per heavy atom. The average Bonchev–Trinajstić information content (AvgIpc) is 3.32. The fourth-order valence-corrected chi connectivity index (χ4v) is 3.97. The quantitative estimate of drug-likeness (QED) is 0.384. The summed E-state index contributed by atoms with van der Waals surface area (Å²) in [4.78, 5) is 12.0. The van der Waals surface area contributed by atoms with Crippen LogP contribution in [0.4, 0.5) is 0 Å². The Bertz CT molecular complexity index is 1140. The van der Waals surface area contributed by atoms with Gasteiger partial charge in [0.05, 0.1) is 30.8 Å². The topological polar surface area (TPSA) is 71.8 Å². The van der Waals surface area contributed by atoms with E-state index in [0.717, 1.165) is 27.6 Å². The summed E-state index contributed by atoms with van der Waals surface area (Å²) < 4.78 is 25.2. The van der Waals surface area contributed by atoms with Gasteiger partial charge in [-0.25, -0.2) is 0 Å². The summed E-state index contributed by atoms with van der Waals surface area (Å²) in [5.41, 5.74) is 3.30. The Morgan fingerprint density at radius 3 is 2.73 bits per heavy atom. The van der Waals surface area contributed by atoms with Crippen LogP contribution in [0.25, 0.3) is 10.9 Å². The van der Waals surface area contributed by atoms with E-state index in [-0.39, 0.29) is 30.6 Å². The van der Waals surface area contributed by atoms with Gasteiger partial charge in [-0.05, 0) is 52.2 Å². The molecular weight excluding hydrogens is 419 g/mol. The van der Waals surface area contributed by atoms with Crippen LogP contribution in [0, 0.1) is 0 Å². The molecule has 8 heteroatoms. The van der Waals surface area contributed by atoms with Crippen molar-refractivity contribution in [3.05, 3.63) is 53.7 Å². The highest BCUT2D eigenvalue weighted by molar-refractivity contribution is 6.62. The molecule has 1 aromatic heterocycles. The number of nitrogens with zero attached hydrogens (tertiary/aromatic N) is 2. The second-order valence-corrected chi connectivity index (χ2v) is 9.16. The van der Waals surface area contributed by atoms with Crippen molar-refractivity contribution in [1.82, 2.24) is 9.78 Å². The molecule has 1 aliphatic heterocycles. The van der Waals surface area contributed by atoms with Crippen molar-refractivity contribution in [3.63, 3.8) is 0 Å². The lowest BCUT2D eigenvalue weighted by atomic mass is 9.78. The molecule has 2 heterocycles. The molecule has 1 fully saturated rings. The van der Waals surface area contributed by atoms with Crippen molar-refractivity contribution in [1.29, 1.82) is 0 Å². The van der Waals surface area contributed by atoms with Crippen LogP contribution in [-0.4, -0.2) is 41.7 Å². The first-order chi connectivity index (χ1) is 15.8. The zero-order valence-corrected chi connectivity index (χ0v) is 20.0. The maximum absolute atomic E-state index is 12.0. The maximum Gasteiger partial charge on any atom is 0.494 e. The molecule has 3 aromatic rings. The summed E-state index contributed by atoms with van der Waals surface area (Å²) in [6.07, 6.45) is 0.168. The van der Waals surface area contributed by atoms with Gasteiger partial charge in [0.25, 0.3) is 0 Å². The number of hydrogen-bond donors (Lipinski definition) is 0. The van der Waals surface area contributed by atoms with Gasteiger partial charge in [-0.3, -0.25) is 9.48 Å². The SMILES string of the molecule is CCOC(=O)Cc1ccccc1OCc1nn(C(C)C)c2ccc(B3OCC(C)(C)O3)cc12. The van der Waals surface area contributed by atoms with E-state index in [1.54, 1.807) is 6.92 Å². The van der Waals surface area contributed by atoms with Gasteiger partial charge in [-0.15, -0.1) is 0 Å². The number of aromatic nitrogens is 2. The highest BCUT2D eigenvalue weighted by Crippen LogP contribution is 2.26. The summed E-state index contributed by atoms with van der Waals surface area (Å²) in [5.74, 6) is 0.380. The lowest BCUT2D eigenvalue weighted by Crippen LogP contribution is -2.34. The van der Waals surface area contributed by atoms with Crippen LogP contribution in [0.1, 0.15) is 51.9 Å². The van der Waals surface area contributed by atoms with Crippen LogP contribution >= 0.6 is 0 Å². The van der Waals surface area contributed by atoms with Crippen molar-refractivity contribution in [2.45, 2.75) is 59.3 Å². The Hall–Kier alpha value is -2.84. The number of rotatable bonds is 8. The summed E-state index contributed by atoms with van der Waals surface area (Å²) in [6, 6.07) is 13.9. The minimum Gasteiger partial charge on any atom is -0.487 e. The second-order valence-electron chi connectivity index (χ2n) is 9.16. The van der Waals surface area contributed by atoms with Gasteiger partial charge >= 0.3 is 13.1 Å². The molecule has 1 saturated heterocycles. The Balaban J connectivity index is 1.61. The second kappa shape index (κ2) is 9.57. The lowest BCUT2D eigenvalue weighted by molar-refractivity contribution is -0.142. The first kappa shape index (κ1) is 23.3. The number of fused-ring (bicyclic) bond motifs is 1. The minimum atomic E-state index is -0.397. The monoisotopic (exact) mass is 450 g/mol. The smallest absolute Gasteiger partial charge is 0.487 e. The minimum absolute atomic E-state index is 0.168. The van der Waals surface area contributed by atoms with Gasteiger partial charge in [0, 0.05) is 17.0 Å². The molecule has 7 nitrogen and oxygen atoms in total. The average molecular weight is 450 g/mol. The molecular formula is C25H31BN2O5. The van der Waals surface area contributed by atoms with Gasteiger partial charge in [0.1, 0.15) is 18.1 Å². The van der Waals surface area contributed by atoms with Gasteiger partial charge in [-0.2, -0.15) is 5.10 Å².